The Balaban J connectivity index is 2.37. The summed E-state index contributed by atoms with van der Waals surface area (Å²) in [6, 6.07) is -0.00283. The highest BCUT2D eigenvalue weighted by Crippen LogP contribution is 2.37. The fourth-order valence-corrected chi connectivity index (χ4v) is 2.86. The van der Waals surface area contributed by atoms with E-state index < -0.39 is 0 Å². The SMILES string of the molecule is CCC(CC)n1c(O)nc2ncc(Cl)c(-c3noc(C)n3)c21. The third-order valence-electron chi connectivity index (χ3n) is 3.71. The van der Waals surface area contributed by atoms with E-state index in [0.717, 1.165) is 12.8 Å². The van der Waals surface area contributed by atoms with Gasteiger partial charge in [-0.25, -0.2) is 4.98 Å². The van der Waals surface area contributed by atoms with Crippen LogP contribution in [0.25, 0.3) is 22.6 Å². The van der Waals surface area contributed by atoms with Crippen LogP contribution in [0, 0.1) is 6.92 Å². The number of hydrogen-bond donors (Lipinski definition) is 1. The predicted molar refractivity (Wildman–Crippen MR) is 81.9 cm³/mol. The molecule has 3 rings (SSSR count). The van der Waals surface area contributed by atoms with Gasteiger partial charge in [-0.2, -0.15) is 9.97 Å². The summed E-state index contributed by atoms with van der Waals surface area (Å²) in [7, 11) is 0. The second-order valence-electron chi connectivity index (χ2n) is 5.04. The monoisotopic (exact) mass is 321 g/mol. The summed E-state index contributed by atoms with van der Waals surface area (Å²) in [4.78, 5) is 12.6. The Morgan fingerprint density at radius 3 is 2.64 bits per heavy atom. The van der Waals surface area contributed by atoms with Crippen molar-refractivity contribution >= 4 is 22.8 Å². The van der Waals surface area contributed by atoms with Crippen LogP contribution in [0.3, 0.4) is 0 Å². The third-order valence-corrected chi connectivity index (χ3v) is 4.00. The van der Waals surface area contributed by atoms with Crippen molar-refractivity contribution in [2.24, 2.45) is 0 Å². The fourth-order valence-electron chi connectivity index (χ4n) is 2.64. The lowest BCUT2D eigenvalue weighted by atomic mass is 10.1. The first kappa shape index (κ1) is 14.8. The molecule has 0 saturated heterocycles. The van der Waals surface area contributed by atoms with Crippen molar-refractivity contribution in [1.29, 1.82) is 0 Å². The second-order valence-corrected chi connectivity index (χ2v) is 5.45. The Kier molecular flexibility index (Phi) is 3.74. The van der Waals surface area contributed by atoms with Gasteiger partial charge in [0.1, 0.15) is 5.52 Å². The number of aromatic hydroxyl groups is 1. The molecule has 0 spiro atoms. The lowest BCUT2D eigenvalue weighted by molar-refractivity contribution is 0.361. The van der Waals surface area contributed by atoms with E-state index in [9.17, 15) is 5.11 Å². The topological polar surface area (TPSA) is 89.9 Å². The van der Waals surface area contributed by atoms with Crippen molar-refractivity contribution in [2.45, 2.75) is 39.7 Å². The van der Waals surface area contributed by atoms with Gasteiger partial charge in [0.25, 0.3) is 6.01 Å². The largest absolute Gasteiger partial charge is 0.480 e. The molecule has 3 aromatic rings. The molecule has 0 aromatic carbocycles. The number of hydrogen-bond acceptors (Lipinski definition) is 6. The van der Waals surface area contributed by atoms with Crippen LogP contribution < -0.4 is 0 Å². The molecule has 0 fully saturated rings. The summed E-state index contributed by atoms with van der Waals surface area (Å²) in [5.41, 5.74) is 1.61. The standard InChI is InChI=1S/C14H16ClN5O2/c1-4-8(5-2)20-11-10(12-17-7(3)22-19-12)9(15)6-16-13(11)18-14(20)21/h6,8H,4-5H2,1-3H3,(H,16,18,21). The van der Waals surface area contributed by atoms with Gasteiger partial charge >= 0.3 is 0 Å². The van der Waals surface area contributed by atoms with E-state index in [4.69, 9.17) is 16.1 Å². The second kappa shape index (κ2) is 5.57. The van der Waals surface area contributed by atoms with E-state index in [1.165, 1.54) is 6.20 Å². The molecule has 3 heterocycles. The van der Waals surface area contributed by atoms with Crippen LogP contribution >= 0.6 is 11.6 Å². The highest BCUT2D eigenvalue weighted by Gasteiger charge is 2.24. The minimum Gasteiger partial charge on any atom is -0.480 e. The maximum atomic E-state index is 10.2. The van der Waals surface area contributed by atoms with Crippen LogP contribution in [0.2, 0.25) is 5.02 Å². The molecule has 0 aliphatic rings. The zero-order valence-electron chi connectivity index (χ0n) is 12.5. The summed E-state index contributed by atoms with van der Waals surface area (Å²) < 4.78 is 6.80. The number of rotatable bonds is 4. The number of nitrogens with zero attached hydrogens (tertiary/aromatic N) is 5. The molecule has 3 aromatic heterocycles. The van der Waals surface area contributed by atoms with Gasteiger partial charge in [-0.05, 0) is 12.8 Å². The number of aryl methyl sites for hydroxylation is 1. The molecular formula is C14H16ClN5O2. The first-order valence-electron chi connectivity index (χ1n) is 7.12. The van der Waals surface area contributed by atoms with Crippen LogP contribution in [0.4, 0.5) is 0 Å². The molecule has 0 atom stereocenters. The van der Waals surface area contributed by atoms with Gasteiger partial charge in [0, 0.05) is 19.2 Å². The van der Waals surface area contributed by atoms with E-state index in [0.29, 0.717) is 33.5 Å². The Morgan fingerprint density at radius 2 is 2.05 bits per heavy atom. The Labute approximate surface area is 132 Å². The van der Waals surface area contributed by atoms with Gasteiger partial charge in [0.15, 0.2) is 5.65 Å². The molecule has 0 aliphatic heterocycles. The lowest BCUT2D eigenvalue weighted by Gasteiger charge is -2.17. The lowest BCUT2D eigenvalue weighted by Crippen LogP contribution is -2.07. The van der Waals surface area contributed by atoms with Crippen LogP contribution in [0.5, 0.6) is 6.01 Å². The van der Waals surface area contributed by atoms with Crippen molar-refractivity contribution in [3.8, 4) is 17.4 Å². The summed E-state index contributed by atoms with van der Waals surface area (Å²) in [5, 5.41) is 14.6. The average Bonchev–Trinajstić information content (AvgIpc) is 3.05. The molecule has 0 unspecified atom stereocenters. The van der Waals surface area contributed by atoms with Gasteiger partial charge in [-0.1, -0.05) is 30.6 Å². The zero-order chi connectivity index (χ0) is 15.9. The first-order chi connectivity index (χ1) is 10.6. The van der Waals surface area contributed by atoms with Crippen LogP contribution in [0.15, 0.2) is 10.7 Å². The minimum absolute atomic E-state index is 0.0806. The number of halogens is 1. The molecule has 116 valence electrons. The molecule has 0 bridgehead atoms. The van der Waals surface area contributed by atoms with E-state index in [-0.39, 0.29) is 12.1 Å². The predicted octanol–water partition coefficient (Wildman–Crippen LogP) is 3.51. The molecule has 22 heavy (non-hydrogen) atoms. The molecule has 7 nitrogen and oxygen atoms in total. The highest BCUT2D eigenvalue weighted by atomic mass is 35.5. The minimum atomic E-state index is -0.0834. The zero-order valence-corrected chi connectivity index (χ0v) is 13.3. The molecular weight excluding hydrogens is 306 g/mol. The normalized spacial score (nSPS) is 11.7. The smallest absolute Gasteiger partial charge is 0.296 e. The molecule has 0 saturated carbocycles. The fraction of sp³-hybridized carbons (Fsp3) is 0.429. The van der Waals surface area contributed by atoms with Crippen molar-refractivity contribution < 1.29 is 9.63 Å². The molecule has 0 amide bonds. The van der Waals surface area contributed by atoms with Crippen LogP contribution in [-0.4, -0.2) is 29.8 Å². The van der Waals surface area contributed by atoms with E-state index in [1.807, 2.05) is 0 Å². The van der Waals surface area contributed by atoms with Crippen molar-refractivity contribution in [3.63, 3.8) is 0 Å². The third kappa shape index (κ3) is 2.21. The number of pyridine rings is 1. The molecule has 0 aliphatic carbocycles. The van der Waals surface area contributed by atoms with Gasteiger partial charge in [0.2, 0.25) is 11.7 Å². The molecule has 8 heteroatoms. The number of fused-ring (bicyclic) bond motifs is 1. The number of aromatic nitrogens is 5. The van der Waals surface area contributed by atoms with Gasteiger partial charge in [-0.3, -0.25) is 4.57 Å². The van der Waals surface area contributed by atoms with Crippen LogP contribution in [-0.2, 0) is 0 Å². The van der Waals surface area contributed by atoms with Crippen LogP contribution in [0.1, 0.15) is 38.6 Å². The van der Waals surface area contributed by atoms with Gasteiger partial charge < -0.3 is 9.63 Å². The van der Waals surface area contributed by atoms with E-state index in [1.54, 1.807) is 11.5 Å². The van der Waals surface area contributed by atoms with Gasteiger partial charge in [0.05, 0.1) is 10.6 Å². The Hall–Kier alpha value is -2.15. The molecule has 1 N–H and O–H groups in total. The summed E-state index contributed by atoms with van der Waals surface area (Å²) in [6.07, 6.45) is 3.16. The van der Waals surface area contributed by atoms with E-state index in [2.05, 4.69) is 34.0 Å². The highest BCUT2D eigenvalue weighted by molar-refractivity contribution is 6.34. The van der Waals surface area contributed by atoms with E-state index >= 15 is 0 Å². The first-order valence-corrected chi connectivity index (χ1v) is 7.50. The van der Waals surface area contributed by atoms with Crippen molar-refractivity contribution in [3.05, 3.63) is 17.1 Å². The molecule has 0 radical (unpaired) electrons. The summed E-state index contributed by atoms with van der Waals surface area (Å²) in [6.45, 7) is 5.81. The Morgan fingerprint density at radius 1 is 1.32 bits per heavy atom. The van der Waals surface area contributed by atoms with Crippen molar-refractivity contribution in [1.82, 2.24) is 24.7 Å². The number of imidazole rings is 1. The summed E-state index contributed by atoms with van der Waals surface area (Å²) >= 11 is 6.31. The quantitative estimate of drug-likeness (QED) is 0.790. The maximum Gasteiger partial charge on any atom is 0.296 e. The summed E-state index contributed by atoms with van der Waals surface area (Å²) in [5.74, 6) is 0.802. The van der Waals surface area contributed by atoms with Crippen molar-refractivity contribution in [2.75, 3.05) is 0 Å². The Bertz CT molecular complexity index is 822. The van der Waals surface area contributed by atoms with Gasteiger partial charge in [-0.15, -0.1) is 0 Å². The maximum absolute atomic E-state index is 10.2. The average molecular weight is 322 g/mol.